The predicted octanol–water partition coefficient (Wildman–Crippen LogP) is 2.98. The highest BCUT2D eigenvalue weighted by molar-refractivity contribution is 5.95. The molecule has 5 rings (SSSR count). The van der Waals surface area contributed by atoms with Crippen LogP contribution in [-0.4, -0.2) is 281 Å². The summed E-state index contributed by atoms with van der Waals surface area (Å²) in [5.74, 6) is -10.8. The first-order valence-corrected chi connectivity index (χ1v) is 31.3. The summed E-state index contributed by atoms with van der Waals surface area (Å²) in [6.07, 6.45) is 4.97. The van der Waals surface area contributed by atoms with Gasteiger partial charge < -0.3 is 61.5 Å². The molecule has 0 radical (unpaired) electrons. The summed E-state index contributed by atoms with van der Waals surface area (Å²) < 4.78 is 0. The van der Waals surface area contributed by atoms with E-state index in [0.29, 0.717) is 38.5 Å². The average molecular weight is 1320 g/mol. The van der Waals surface area contributed by atoms with Gasteiger partial charge in [0.05, 0.1) is 88.2 Å². The number of unbranched alkanes of at least 4 members (excludes halogenated alkanes) is 2. The molecule has 0 saturated carbocycles. The van der Waals surface area contributed by atoms with E-state index in [1.54, 1.807) is 0 Å². The molecule has 12 N–H and O–H groups in total. The zero-order valence-electron chi connectivity index (χ0n) is 54.3. The standard InChI is InChI=1S/C64H90N12O18/c1-7-43-39(3)47-25-48-41(5)45(13-9-11-15-65-55(77)29-73(33-59(83)84)21-17-71(31-57(79)80)19-23-75(35-61(87)88)36-62(89)90)53(69-48)28-54-46(42(6)50(70-54)27-52-44(8-2)40(4)49(68-52)26-51(43)67-47)14-10-12-16-66-56(78)30-74(34-60(85)86)22-18-72(32-58(81)82)20-24-76(37-63(91)92)38-64(93)94/h25-28,68,70H,7-24,29-38H2,1-6H3,(H,65,77)(H,66,78)(H,79,80)(H,81,82)(H,83,84)(H,85,86)(H,87,88)(H,89,90)(H,91,92)(H,93,94). The van der Waals surface area contributed by atoms with Gasteiger partial charge in [0.15, 0.2) is 0 Å². The molecule has 2 aliphatic heterocycles. The number of aliphatic carboxylic acids is 8. The summed E-state index contributed by atoms with van der Waals surface area (Å²) in [4.78, 5) is 145. The Kier molecular flexibility index (Phi) is 29.9. The fourth-order valence-corrected chi connectivity index (χ4v) is 11.6. The number of hydrogen-bond donors (Lipinski definition) is 12. The number of amides is 2. The Morgan fingerprint density at radius 3 is 1.07 bits per heavy atom. The van der Waals surface area contributed by atoms with Gasteiger partial charge in [-0.1, -0.05) is 13.8 Å². The molecule has 514 valence electrons. The average Bonchev–Trinajstić information content (AvgIpc) is 1.63. The number of rotatable bonds is 44. The Morgan fingerprint density at radius 1 is 0.362 bits per heavy atom. The van der Waals surface area contributed by atoms with Crippen molar-refractivity contribution in [3.8, 4) is 0 Å². The van der Waals surface area contributed by atoms with Gasteiger partial charge in [-0.15, -0.1) is 0 Å². The lowest BCUT2D eigenvalue weighted by atomic mass is 9.99. The Morgan fingerprint density at radius 2 is 0.681 bits per heavy atom. The van der Waals surface area contributed by atoms with Crippen LogP contribution in [0.25, 0.3) is 44.4 Å². The van der Waals surface area contributed by atoms with Gasteiger partial charge in [0.2, 0.25) is 11.8 Å². The monoisotopic (exact) mass is 1310 g/mol. The molecule has 0 aliphatic carbocycles. The van der Waals surface area contributed by atoms with E-state index in [2.05, 4.69) is 73.4 Å². The normalized spacial score (nSPS) is 12.5. The molecule has 3 aromatic heterocycles. The van der Waals surface area contributed by atoms with Crippen LogP contribution in [0.2, 0.25) is 0 Å². The van der Waals surface area contributed by atoms with E-state index < -0.39 is 112 Å². The third-order valence-corrected chi connectivity index (χ3v) is 16.4. The van der Waals surface area contributed by atoms with Crippen LogP contribution in [0.5, 0.6) is 0 Å². The number of carbonyl (C=O) groups is 10. The second-order valence-electron chi connectivity index (χ2n) is 23.5. The highest BCUT2D eigenvalue weighted by Crippen LogP contribution is 2.38. The van der Waals surface area contributed by atoms with Crippen molar-refractivity contribution in [1.29, 1.82) is 0 Å². The fourth-order valence-electron chi connectivity index (χ4n) is 11.6. The van der Waals surface area contributed by atoms with Gasteiger partial charge in [-0.05, 0) is 148 Å². The summed E-state index contributed by atoms with van der Waals surface area (Å²) >= 11 is 0. The Balaban J connectivity index is 1.35. The fraction of sp³-hybridized carbons (Fsp3) is 0.531. The number of carboxylic acid groups (broad SMARTS) is 8. The number of H-pyrrole nitrogens is 2. The topological polar surface area (TPSA) is 433 Å². The van der Waals surface area contributed by atoms with Crippen molar-refractivity contribution in [2.45, 2.75) is 92.9 Å². The third-order valence-electron chi connectivity index (χ3n) is 16.4. The van der Waals surface area contributed by atoms with Crippen molar-refractivity contribution in [2.75, 3.05) is 131 Å². The van der Waals surface area contributed by atoms with Crippen LogP contribution < -0.4 is 10.6 Å². The van der Waals surface area contributed by atoms with E-state index in [0.717, 1.165) is 112 Å². The first kappa shape index (κ1) is 75.8. The van der Waals surface area contributed by atoms with Crippen molar-refractivity contribution in [1.82, 2.24) is 60.0 Å². The van der Waals surface area contributed by atoms with Gasteiger partial charge in [-0.25, -0.2) is 9.97 Å². The van der Waals surface area contributed by atoms with E-state index in [-0.39, 0.29) is 78.5 Å². The van der Waals surface area contributed by atoms with Crippen LogP contribution >= 0.6 is 0 Å². The van der Waals surface area contributed by atoms with Crippen LogP contribution in [0.1, 0.15) is 111 Å². The zero-order chi connectivity index (χ0) is 69.3. The molecule has 94 heavy (non-hydrogen) atoms. The summed E-state index contributed by atoms with van der Waals surface area (Å²) in [7, 11) is 0. The van der Waals surface area contributed by atoms with Crippen molar-refractivity contribution >= 4 is 104 Å². The van der Waals surface area contributed by atoms with Crippen LogP contribution in [0.3, 0.4) is 0 Å². The number of nitrogens with one attached hydrogen (secondary N) is 4. The number of aryl methyl sites for hydroxylation is 4. The Labute approximate surface area is 543 Å². The molecule has 0 atom stereocenters. The molecule has 0 aromatic carbocycles. The van der Waals surface area contributed by atoms with E-state index in [9.17, 15) is 88.8 Å². The van der Waals surface area contributed by atoms with E-state index in [4.69, 9.17) is 9.97 Å². The predicted molar refractivity (Wildman–Crippen MR) is 348 cm³/mol. The molecule has 0 fully saturated rings. The molecule has 30 heteroatoms. The smallest absolute Gasteiger partial charge is 0.317 e. The Hall–Kier alpha value is -8.94. The minimum Gasteiger partial charge on any atom is -0.480 e. The van der Waals surface area contributed by atoms with Crippen molar-refractivity contribution in [2.24, 2.45) is 0 Å². The second kappa shape index (κ2) is 37.1. The lowest BCUT2D eigenvalue weighted by molar-refractivity contribution is -0.144. The van der Waals surface area contributed by atoms with Gasteiger partial charge in [0.1, 0.15) is 0 Å². The van der Waals surface area contributed by atoms with Gasteiger partial charge in [-0.3, -0.25) is 77.3 Å². The third kappa shape index (κ3) is 24.5. The number of allylic oxidation sites excluding steroid dienone is 4. The number of carbonyl (C=O) groups excluding carboxylic acids is 2. The molecular weight excluding hydrogens is 1220 g/mol. The molecule has 0 spiro atoms. The van der Waals surface area contributed by atoms with Crippen LogP contribution in [0, 0.1) is 13.8 Å². The first-order chi connectivity index (χ1) is 44.5. The lowest BCUT2D eigenvalue weighted by Gasteiger charge is -2.27. The van der Waals surface area contributed by atoms with Crippen molar-refractivity contribution in [3.63, 3.8) is 0 Å². The lowest BCUT2D eigenvalue weighted by Crippen LogP contribution is -2.46. The quantitative estimate of drug-likeness (QED) is 0.0362. The minimum absolute atomic E-state index is 0.0170. The molecule has 30 nitrogen and oxygen atoms in total. The second-order valence-corrected chi connectivity index (χ2v) is 23.5. The number of nitrogens with zero attached hydrogens (tertiary/aromatic N) is 8. The highest BCUT2D eigenvalue weighted by atomic mass is 16.4. The van der Waals surface area contributed by atoms with Gasteiger partial charge in [0.25, 0.3) is 0 Å². The first-order valence-electron chi connectivity index (χ1n) is 31.3. The SMILES string of the molecule is CCC1=C(C)c2cc3nc(cc4[nH]c(cc5[nH]c(cc1n2)c(C)c5CC)c(C)c4CCCCNC(=O)CN(CCN(CCN(CC(=O)O)CC(=O)O)CC(=O)O)CC(=O)O)C(CCCCNC(=O)CN(CCN(CCN(CC(=O)O)CC(=O)O)CC(=O)O)CC(=O)O)=C3C. The largest absolute Gasteiger partial charge is 0.480 e. The highest BCUT2D eigenvalue weighted by Gasteiger charge is 2.25. The van der Waals surface area contributed by atoms with Crippen LogP contribution in [0.4, 0.5) is 0 Å². The van der Waals surface area contributed by atoms with Crippen molar-refractivity contribution < 1.29 is 88.8 Å². The Bertz CT molecular complexity index is 3470. The maximum atomic E-state index is 13.4. The van der Waals surface area contributed by atoms with Gasteiger partial charge in [0, 0.05) is 87.5 Å². The molecule has 2 amide bonds. The summed E-state index contributed by atoms with van der Waals surface area (Å²) in [6, 6.07) is 8.30. The molecule has 0 unspecified atom stereocenters. The molecule has 3 aromatic rings. The zero-order valence-corrected chi connectivity index (χ0v) is 54.3. The maximum Gasteiger partial charge on any atom is 0.317 e. The summed E-state index contributed by atoms with van der Waals surface area (Å²) in [5, 5.41) is 81.3. The number of aromatic amines is 2. The number of aromatic nitrogens is 4. The maximum absolute atomic E-state index is 13.4. The summed E-state index contributed by atoms with van der Waals surface area (Å²) in [6.45, 7) is 7.54. The van der Waals surface area contributed by atoms with Crippen molar-refractivity contribution in [3.05, 3.63) is 69.3 Å². The van der Waals surface area contributed by atoms with Gasteiger partial charge >= 0.3 is 47.8 Å². The van der Waals surface area contributed by atoms with Gasteiger partial charge in [-0.2, -0.15) is 0 Å². The minimum atomic E-state index is -1.27. The van der Waals surface area contributed by atoms with E-state index >= 15 is 0 Å². The summed E-state index contributed by atoms with van der Waals surface area (Å²) in [5.41, 5.74) is 15.1. The number of fused-ring (bicyclic) bond motifs is 8. The van der Waals surface area contributed by atoms with E-state index in [1.165, 1.54) is 19.6 Å². The molecule has 5 heterocycles. The molecular formula is C64H90N12O18. The van der Waals surface area contributed by atoms with E-state index in [1.807, 2.05) is 13.0 Å². The van der Waals surface area contributed by atoms with Crippen LogP contribution in [-0.2, 0) is 60.8 Å². The molecule has 2 aliphatic rings. The molecule has 0 saturated heterocycles. The number of carboxylic acids is 8. The van der Waals surface area contributed by atoms with Crippen LogP contribution in [0.15, 0.2) is 24.3 Å². The number of hydrogen-bond acceptors (Lipinski definition) is 18. The molecule has 8 bridgehead atoms.